The summed E-state index contributed by atoms with van der Waals surface area (Å²) < 4.78 is 10.7. The van der Waals surface area contributed by atoms with E-state index in [1.54, 1.807) is 7.11 Å². The van der Waals surface area contributed by atoms with E-state index in [1.165, 1.54) is 0 Å². The SMILES string of the molecule is COc1ccc([C@H]2CN(C(=O)c3ccccc3)C[C@H]2C(=O)N2CCOCC2)cc1. The molecule has 2 heterocycles. The van der Waals surface area contributed by atoms with Crippen LogP contribution < -0.4 is 4.74 Å². The second-order valence-electron chi connectivity index (χ2n) is 7.50. The predicted octanol–water partition coefficient (Wildman–Crippen LogP) is 2.41. The van der Waals surface area contributed by atoms with Crippen molar-refractivity contribution < 1.29 is 19.1 Å². The number of carbonyl (C=O) groups excluding carboxylic acids is 2. The second-order valence-corrected chi connectivity index (χ2v) is 7.50. The first kappa shape index (κ1) is 19.5. The molecule has 0 saturated carbocycles. The third-order valence-electron chi connectivity index (χ3n) is 5.81. The number of benzene rings is 2. The molecule has 2 saturated heterocycles. The van der Waals surface area contributed by atoms with Crippen molar-refractivity contribution in [1.29, 1.82) is 0 Å². The Bertz CT molecular complexity index is 847. The number of likely N-dealkylation sites (tertiary alicyclic amines) is 1. The molecule has 6 heteroatoms. The van der Waals surface area contributed by atoms with E-state index in [-0.39, 0.29) is 23.7 Å². The van der Waals surface area contributed by atoms with Gasteiger partial charge in [0.05, 0.1) is 26.2 Å². The van der Waals surface area contributed by atoms with E-state index in [4.69, 9.17) is 9.47 Å². The first-order valence-electron chi connectivity index (χ1n) is 10.0. The smallest absolute Gasteiger partial charge is 0.253 e. The molecule has 152 valence electrons. The van der Waals surface area contributed by atoms with Crippen LogP contribution in [0.1, 0.15) is 21.8 Å². The lowest BCUT2D eigenvalue weighted by Crippen LogP contribution is -2.45. The Kier molecular flexibility index (Phi) is 5.81. The Morgan fingerprint density at radius 2 is 1.62 bits per heavy atom. The fraction of sp³-hybridized carbons (Fsp3) is 0.391. The molecule has 0 radical (unpaired) electrons. The van der Waals surface area contributed by atoms with Crippen molar-refractivity contribution in [2.45, 2.75) is 5.92 Å². The average molecular weight is 394 g/mol. The fourth-order valence-electron chi connectivity index (χ4n) is 4.19. The van der Waals surface area contributed by atoms with Crippen molar-refractivity contribution in [3.05, 3.63) is 65.7 Å². The molecule has 2 fully saturated rings. The van der Waals surface area contributed by atoms with E-state index in [0.29, 0.717) is 45.0 Å². The molecule has 0 N–H and O–H groups in total. The largest absolute Gasteiger partial charge is 0.497 e. The van der Waals surface area contributed by atoms with Gasteiger partial charge in [-0.3, -0.25) is 9.59 Å². The summed E-state index contributed by atoms with van der Waals surface area (Å²) in [5.74, 6) is 0.567. The van der Waals surface area contributed by atoms with Crippen molar-refractivity contribution in [2.24, 2.45) is 5.92 Å². The van der Waals surface area contributed by atoms with Gasteiger partial charge < -0.3 is 19.3 Å². The van der Waals surface area contributed by atoms with E-state index in [2.05, 4.69) is 0 Å². The molecule has 6 nitrogen and oxygen atoms in total. The zero-order valence-electron chi connectivity index (χ0n) is 16.6. The molecule has 0 aliphatic carbocycles. The van der Waals surface area contributed by atoms with E-state index in [0.717, 1.165) is 11.3 Å². The fourth-order valence-corrected chi connectivity index (χ4v) is 4.19. The molecule has 0 unspecified atom stereocenters. The zero-order valence-corrected chi connectivity index (χ0v) is 16.6. The van der Waals surface area contributed by atoms with Crippen molar-refractivity contribution in [2.75, 3.05) is 46.5 Å². The van der Waals surface area contributed by atoms with Crippen LogP contribution in [0.5, 0.6) is 5.75 Å². The van der Waals surface area contributed by atoms with Gasteiger partial charge >= 0.3 is 0 Å². The van der Waals surface area contributed by atoms with Gasteiger partial charge in [0.2, 0.25) is 5.91 Å². The lowest BCUT2D eigenvalue weighted by Gasteiger charge is -2.30. The summed E-state index contributed by atoms with van der Waals surface area (Å²) in [7, 11) is 1.63. The number of rotatable bonds is 4. The summed E-state index contributed by atoms with van der Waals surface area (Å²) >= 11 is 0. The van der Waals surface area contributed by atoms with Crippen LogP contribution in [0.2, 0.25) is 0 Å². The molecule has 29 heavy (non-hydrogen) atoms. The van der Waals surface area contributed by atoms with Crippen LogP contribution in [-0.4, -0.2) is 68.1 Å². The number of hydrogen-bond donors (Lipinski definition) is 0. The Morgan fingerprint density at radius 3 is 2.28 bits per heavy atom. The van der Waals surface area contributed by atoms with Gasteiger partial charge in [-0.25, -0.2) is 0 Å². The quantitative estimate of drug-likeness (QED) is 0.799. The third-order valence-corrected chi connectivity index (χ3v) is 5.81. The van der Waals surface area contributed by atoms with E-state index in [9.17, 15) is 9.59 Å². The second kappa shape index (κ2) is 8.66. The number of amides is 2. The summed E-state index contributed by atoms with van der Waals surface area (Å²) in [5.41, 5.74) is 1.71. The highest BCUT2D eigenvalue weighted by molar-refractivity contribution is 5.95. The highest BCUT2D eigenvalue weighted by Gasteiger charge is 2.42. The van der Waals surface area contributed by atoms with Crippen LogP contribution >= 0.6 is 0 Å². The van der Waals surface area contributed by atoms with Crippen LogP contribution in [0.15, 0.2) is 54.6 Å². The Labute approximate surface area is 171 Å². The minimum Gasteiger partial charge on any atom is -0.497 e. The first-order chi connectivity index (χ1) is 14.2. The normalized spacial score (nSPS) is 21.8. The summed E-state index contributed by atoms with van der Waals surface area (Å²) in [5, 5.41) is 0. The number of morpholine rings is 1. The van der Waals surface area contributed by atoms with Crippen molar-refractivity contribution in [1.82, 2.24) is 9.80 Å². The summed E-state index contributed by atoms with van der Waals surface area (Å²) in [6.45, 7) is 3.31. The van der Waals surface area contributed by atoms with Crippen molar-refractivity contribution in [3.8, 4) is 5.75 Å². The zero-order chi connectivity index (χ0) is 20.2. The van der Waals surface area contributed by atoms with Crippen LogP contribution in [0.4, 0.5) is 0 Å². The van der Waals surface area contributed by atoms with Gasteiger partial charge in [-0.2, -0.15) is 0 Å². The van der Waals surface area contributed by atoms with E-state index < -0.39 is 0 Å². The number of nitrogens with zero attached hydrogens (tertiary/aromatic N) is 2. The molecule has 4 rings (SSSR count). The maximum Gasteiger partial charge on any atom is 0.253 e. The van der Waals surface area contributed by atoms with Crippen LogP contribution in [0, 0.1) is 5.92 Å². The Hall–Kier alpha value is -2.86. The molecule has 0 spiro atoms. The van der Waals surface area contributed by atoms with Gasteiger partial charge in [0, 0.05) is 37.7 Å². The number of ether oxygens (including phenoxy) is 2. The van der Waals surface area contributed by atoms with Gasteiger partial charge in [-0.15, -0.1) is 0 Å². The van der Waals surface area contributed by atoms with Gasteiger partial charge in [0.25, 0.3) is 5.91 Å². The maximum atomic E-state index is 13.3. The van der Waals surface area contributed by atoms with Crippen molar-refractivity contribution >= 4 is 11.8 Å². The van der Waals surface area contributed by atoms with Gasteiger partial charge in [0.1, 0.15) is 5.75 Å². The minimum atomic E-state index is -0.255. The van der Waals surface area contributed by atoms with E-state index >= 15 is 0 Å². The lowest BCUT2D eigenvalue weighted by molar-refractivity contribution is -0.139. The van der Waals surface area contributed by atoms with Crippen LogP contribution in [0.25, 0.3) is 0 Å². The highest BCUT2D eigenvalue weighted by atomic mass is 16.5. The Balaban J connectivity index is 1.59. The molecule has 0 bridgehead atoms. The topological polar surface area (TPSA) is 59.1 Å². The van der Waals surface area contributed by atoms with Gasteiger partial charge in [-0.05, 0) is 29.8 Å². The van der Waals surface area contributed by atoms with E-state index in [1.807, 2.05) is 64.4 Å². The predicted molar refractivity (Wildman–Crippen MR) is 109 cm³/mol. The van der Waals surface area contributed by atoms with Crippen molar-refractivity contribution in [3.63, 3.8) is 0 Å². The molecule has 2 aromatic rings. The molecule has 2 aromatic carbocycles. The number of carbonyl (C=O) groups is 2. The molecule has 0 aromatic heterocycles. The molecule has 2 amide bonds. The summed E-state index contributed by atoms with van der Waals surface area (Å²) in [4.78, 5) is 30.0. The highest BCUT2D eigenvalue weighted by Crippen LogP contribution is 2.35. The van der Waals surface area contributed by atoms with Crippen LogP contribution in [0.3, 0.4) is 0 Å². The number of hydrogen-bond acceptors (Lipinski definition) is 4. The Morgan fingerprint density at radius 1 is 0.931 bits per heavy atom. The molecule has 2 aliphatic heterocycles. The molecule has 2 atom stereocenters. The number of methoxy groups -OCH3 is 1. The van der Waals surface area contributed by atoms with Gasteiger partial charge in [-0.1, -0.05) is 30.3 Å². The van der Waals surface area contributed by atoms with Crippen LogP contribution in [-0.2, 0) is 9.53 Å². The molecular weight excluding hydrogens is 368 g/mol. The minimum absolute atomic E-state index is 0.0265. The summed E-state index contributed by atoms with van der Waals surface area (Å²) in [6.07, 6.45) is 0. The standard InChI is InChI=1S/C23H26N2O4/c1-28-19-9-7-17(8-10-19)20-15-25(22(26)18-5-3-2-4-6-18)16-21(20)23(27)24-11-13-29-14-12-24/h2-10,20-21H,11-16H2,1H3/t20-,21-/m1/s1. The molecular formula is C23H26N2O4. The average Bonchev–Trinajstić information content (AvgIpc) is 3.24. The lowest BCUT2D eigenvalue weighted by atomic mass is 9.88. The molecule has 2 aliphatic rings. The summed E-state index contributed by atoms with van der Waals surface area (Å²) in [6, 6.07) is 17.1. The van der Waals surface area contributed by atoms with Gasteiger partial charge in [0.15, 0.2) is 0 Å². The third kappa shape index (κ3) is 4.12. The maximum absolute atomic E-state index is 13.3. The monoisotopic (exact) mass is 394 g/mol. The first-order valence-corrected chi connectivity index (χ1v) is 10.0.